The van der Waals surface area contributed by atoms with Gasteiger partial charge in [0, 0.05) is 13.0 Å². The molecule has 172 valence electrons. The summed E-state index contributed by atoms with van der Waals surface area (Å²) in [7, 11) is 0. The van der Waals surface area contributed by atoms with Crippen molar-refractivity contribution in [3.05, 3.63) is 41.5 Å². The highest BCUT2D eigenvalue weighted by atomic mass is 16.6. The van der Waals surface area contributed by atoms with Crippen LogP contribution in [-0.4, -0.2) is 40.0 Å². The fraction of sp³-hybridized carbons (Fsp3) is 0.478. The lowest BCUT2D eigenvalue weighted by molar-refractivity contribution is 0.0427. The fourth-order valence-electron chi connectivity index (χ4n) is 2.93. The summed E-state index contributed by atoms with van der Waals surface area (Å²) in [6, 6.07) is 9.81. The van der Waals surface area contributed by atoms with Crippen molar-refractivity contribution in [3.8, 4) is 5.88 Å². The molecule has 1 aliphatic heterocycles. The predicted molar refractivity (Wildman–Crippen MR) is 120 cm³/mol. The van der Waals surface area contributed by atoms with E-state index in [2.05, 4.69) is 15.3 Å². The molecule has 0 saturated heterocycles. The summed E-state index contributed by atoms with van der Waals surface area (Å²) in [5.74, 6) is 0.635. The monoisotopic (exact) mass is 442 g/mol. The Balaban J connectivity index is 1.97. The first kappa shape index (κ1) is 23.3. The quantitative estimate of drug-likeness (QED) is 0.727. The zero-order chi connectivity index (χ0) is 23.5. The second-order valence-corrected chi connectivity index (χ2v) is 9.39. The SMILES string of the molecule is CC(C)(C)OC(=O)N(C(=O)OC(C)(C)C)c1nc(NCc2ccccc2)c2c(n1)OCC2. The second-order valence-electron chi connectivity index (χ2n) is 9.39. The van der Waals surface area contributed by atoms with Crippen LogP contribution in [0.4, 0.5) is 21.4 Å². The van der Waals surface area contributed by atoms with E-state index >= 15 is 0 Å². The number of carbonyl (C=O) groups is 2. The van der Waals surface area contributed by atoms with Crippen molar-refractivity contribution >= 4 is 24.0 Å². The van der Waals surface area contributed by atoms with Crippen LogP contribution in [0.5, 0.6) is 5.88 Å². The van der Waals surface area contributed by atoms with Crippen LogP contribution < -0.4 is 15.0 Å². The number of imide groups is 1. The van der Waals surface area contributed by atoms with E-state index < -0.39 is 23.4 Å². The summed E-state index contributed by atoms with van der Waals surface area (Å²) >= 11 is 0. The molecule has 9 heteroatoms. The Morgan fingerprint density at radius 3 is 2.16 bits per heavy atom. The second kappa shape index (κ2) is 9.02. The number of nitrogens with one attached hydrogen (secondary N) is 1. The van der Waals surface area contributed by atoms with E-state index in [4.69, 9.17) is 14.2 Å². The van der Waals surface area contributed by atoms with E-state index in [1.165, 1.54) is 0 Å². The Labute approximate surface area is 188 Å². The maximum Gasteiger partial charge on any atom is 0.427 e. The van der Waals surface area contributed by atoms with Gasteiger partial charge in [0.25, 0.3) is 0 Å². The molecule has 1 aliphatic rings. The van der Waals surface area contributed by atoms with E-state index in [0.717, 1.165) is 11.1 Å². The van der Waals surface area contributed by atoms with Gasteiger partial charge >= 0.3 is 12.2 Å². The van der Waals surface area contributed by atoms with E-state index in [-0.39, 0.29) is 5.95 Å². The zero-order valence-electron chi connectivity index (χ0n) is 19.4. The standard InChI is InChI=1S/C23H30N4O5/c1-22(2,3)31-20(28)27(21(29)32-23(4,5)6)19-25-17(16-12-13-30-18(16)26-19)24-14-15-10-8-7-9-11-15/h7-11H,12-14H2,1-6H3,(H,24,25,26). The molecule has 0 aliphatic carbocycles. The molecule has 1 aromatic heterocycles. The summed E-state index contributed by atoms with van der Waals surface area (Å²) in [5.41, 5.74) is 0.173. The van der Waals surface area contributed by atoms with E-state index in [0.29, 0.717) is 36.2 Å². The van der Waals surface area contributed by atoms with Gasteiger partial charge in [-0.1, -0.05) is 30.3 Å². The molecule has 0 saturated carbocycles. The van der Waals surface area contributed by atoms with Gasteiger partial charge in [0.2, 0.25) is 11.8 Å². The van der Waals surface area contributed by atoms with Crippen molar-refractivity contribution < 1.29 is 23.8 Å². The number of carbonyl (C=O) groups excluding carboxylic acids is 2. The van der Waals surface area contributed by atoms with Crippen LogP contribution in [-0.2, 0) is 22.4 Å². The molecule has 0 radical (unpaired) electrons. The number of nitrogens with zero attached hydrogens (tertiary/aromatic N) is 3. The third kappa shape index (κ3) is 6.09. The Hall–Kier alpha value is -3.36. The molecule has 2 heterocycles. The van der Waals surface area contributed by atoms with Crippen molar-refractivity contribution in [1.29, 1.82) is 0 Å². The van der Waals surface area contributed by atoms with Crippen molar-refractivity contribution in [2.24, 2.45) is 0 Å². The lowest BCUT2D eigenvalue weighted by atomic mass is 10.2. The van der Waals surface area contributed by atoms with Crippen LogP contribution in [0, 0.1) is 0 Å². The average molecular weight is 443 g/mol. The lowest BCUT2D eigenvalue weighted by Gasteiger charge is -2.27. The number of hydrogen-bond donors (Lipinski definition) is 1. The predicted octanol–water partition coefficient (Wildman–Crippen LogP) is 4.70. The smallest absolute Gasteiger partial charge is 0.427 e. The highest BCUT2D eigenvalue weighted by molar-refractivity contribution is 6.08. The van der Waals surface area contributed by atoms with Gasteiger partial charge in [-0.25, -0.2) is 9.59 Å². The molecule has 0 bridgehead atoms. The average Bonchev–Trinajstić information content (AvgIpc) is 3.13. The minimum Gasteiger partial charge on any atom is -0.477 e. The van der Waals surface area contributed by atoms with Crippen molar-refractivity contribution in [3.63, 3.8) is 0 Å². The van der Waals surface area contributed by atoms with Crippen molar-refractivity contribution in [1.82, 2.24) is 9.97 Å². The van der Waals surface area contributed by atoms with Crippen LogP contribution in [0.15, 0.2) is 30.3 Å². The molecule has 9 nitrogen and oxygen atoms in total. The maximum atomic E-state index is 12.9. The number of ether oxygens (including phenoxy) is 3. The number of fused-ring (bicyclic) bond motifs is 1. The topological polar surface area (TPSA) is 103 Å². The molecule has 2 aromatic rings. The van der Waals surface area contributed by atoms with Gasteiger partial charge in [0.05, 0.1) is 12.2 Å². The molecular formula is C23H30N4O5. The molecule has 0 fully saturated rings. The Kier molecular flexibility index (Phi) is 6.57. The Bertz CT molecular complexity index is 952. The molecule has 32 heavy (non-hydrogen) atoms. The Morgan fingerprint density at radius 2 is 1.59 bits per heavy atom. The van der Waals surface area contributed by atoms with Gasteiger partial charge < -0.3 is 19.5 Å². The first-order valence-electron chi connectivity index (χ1n) is 10.5. The number of aromatic nitrogens is 2. The number of rotatable bonds is 4. The first-order chi connectivity index (χ1) is 14.9. The first-order valence-corrected chi connectivity index (χ1v) is 10.5. The normalized spacial score (nSPS) is 13.1. The van der Waals surface area contributed by atoms with Crippen molar-refractivity contribution in [2.75, 3.05) is 16.8 Å². The summed E-state index contributed by atoms with van der Waals surface area (Å²) in [5, 5.41) is 3.27. The third-order valence-corrected chi connectivity index (χ3v) is 4.20. The van der Waals surface area contributed by atoms with Crippen LogP contribution in [0.25, 0.3) is 0 Å². The highest BCUT2D eigenvalue weighted by Gasteiger charge is 2.36. The van der Waals surface area contributed by atoms with Crippen LogP contribution >= 0.6 is 0 Å². The van der Waals surface area contributed by atoms with Crippen LogP contribution in [0.1, 0.15) is 52.7 Å². The molecule has 0 spiro atoms. The third-order valence-electron chi connectivity index (χ3n) is 4.20. The van der Waals surface area contributed by atoms with Crippen LogP contribution in [0.3, 0.4) is 0 Å². The molecule has 0 unspecified atom stereocenters. The number of benzene rings is 1. The zero-order valence-corrected chi connectivity index (χ0v) is 19.4. The van der Waals surface area contributed by atoms with Gasteiger partial charge in [-0.2, -0.15) is 9.97 Å². The van der Waals surface area contributed by atoms with E-state index in [9.17, 15) is 9.59 Å². The largest absolute Gasteiger partial charge is 0.477 e. The Morgan fingerprint density at radius 1 is 1.00 bits per heavy atom. The van der Waals surface area contributed by atoms with E-state index in [1.54, 1.807) is 41.5 Å². The number of amides is 2. The molecule has 1 N–H and O–H groups in total. The van der Waals surface area contributed by atoms with Crippen molar-refractivity contribution in [2.45, 2.75) is 65.7 Å². The molecule has 0 atom stereocenters. The van der Waals surface area contributed by atoms with Gasteiger partial charge in [-0.3, -0.25) is 0 Å². The lowest BCUT2D eigenvalue weighted by Crippen LogP contribution is -2.44. The van der Waals surface area contributed by atoms with Gasteiger partial charge in [-0.05, 0) is 47.1 Å². The molecule has 2 amide bonds. The van der Waals surface area contributed by atoms with Gasteiger partial charge in [0.15, 0.2) is 0 Å². The van der Waals surface area contributed by atoms with Crippen LogP contribution in [0.2, 0.25) is 0 Å². The molecular weight excluding hydrogens is 412 g/mol. The highest BCUT2D eigenvalue weighted by Crippen LogP contribution is 2.32. The number of anilines is 2. The summed E-state index contributed by atoms with van der Waals surface area (Å²) in [4.78, 5) is 35.4. The fourth-order valence-corrected chi connectivity index (χ4v) is 2.93. The summed E-state index contributed by atoms with van der Waals surface area (Å²) in [6.07, 6.45) is -1.25. The minimum absolute atomic E-state index is 0.176. The molecule has 1 aromatic carbocycles. The van der Waals surface area contributed by atoms with E-state index in [1.807, 2.05) is 30.3 Å². The molecule has 3 rings (SSSR count). The summed E-state index contributed by atoms with van der Waals surface area (Å²) in [6.45, 7) is 11.2. The minimum atomic E-state index is -0.932. The number of hydrogen-bond acceptors (Lipinski definition) is 8. The summed E-state index contributed by atoms with van der Waals surface area (Å²) < 4.78 is 16.5. The van der Waals surface area contributed by atoms with Gasteiger partial charge in [0.1, 0.15) is 17.0 Å². The maximum absolute atomic E-state index is 12.9. The van der Waals surface area contributed by atoms with Gasteiger partial charge in [-0.15, -0.1) is 4.90 Å².